The Morgan fingerprint density at radius 1 is 1.42 bits per heavy atom. The number of nitrogens with one attached hydrogen (secondary N) is 1. The van der Waals surface area contributed by atoms with E-state index in [9.17, 15) is 14.0 Å². The second-order valence-electron chi connectivity index (χ2n) is 3.82. The van der Waals surface area contributed by atoms with Crippen molar-refractivity contribution in [1.29, 1.82) is 0 Å². The van der Waals surface area contributed by atoms with E-state index < -0.39 is 17.7 Å². The number of benzene rings is 1. The van der Waals surface area contributed by atoms with E-state index in [0.717, 1.165) is 0 Å². The van der Waals surface area contributed by atoms with Crippen LogP contribution in [0.25, 0.3) is 0 Å². The third kappa shape index (κ3) is 5.45. The highest BCUT2D eigenvalue weighted by molar-refractivity contribution is 5.87. The molecule has 0 aliphatic carbocycles. The molecule has 0 aromatic heterocycles. The molecule has 1 amide bonds. The Labute approximate surface area is 109 Å². The van der Waals surface area contributed by atoms with Gasteiger partial charge < -0.3 is 20.9 Å². The average molecular weight is 270 g/mol. The molecule has 0 fully saturated rings. The molecule has 0 aliphatic rings. The molecule has 0 bridgehead atoms. The Bertz CT molecular complexity index is 465. The van der Waals surface area contributed by atoms with Gasteiger partial charge in [-0.3, -0.25) is 4.79 Å². The maximum Gasteiger partial charge on any atom is 0.338 e. The third-order valence-corrected chi connectivity index (χ3v) is 2.26. The zero-order valence-electron chi connectivity index (χ0n) is 10.2. The molecule has 0 atom stereocenters. The van der Waals surface area contributed by atoms with Crippen molar-refractivity contribution in [3.8, 4) is 0 Å². The van der Waals surface area contributed by atoms with Gasteiger partial charge in [0.05, 0.1) is 12.2 Å². The zero-order valence-corrected chi connectivity index (χ0v) is 10.2. The van der Waals surface area contributed by atoms with Crippen molar-refractivity contribution in [2.45, 2.75) is 6.54 Å². The number of carbonyl (C=O) groups is 2. The van der Waals surface area contributed by atoms with Crippen LogP contribution >= 0.6 is 0 Å². The average Bonchev–Trinajstić information content (AvgIpc) is 2.32. The van der Waals surface area contributed by atoms with Crippen molar-refractivity contribution >= 4 is 11.9 Å². The van der Waals surface area contributed by atoms with Gasteiger partial charge in [-0.2, -0.15) is 0 Å². The molecule has 1 aromatic carbocycles. The first-order valence-corrected chi connectivity index (χ1v) is 5.59. The molecular weight excluding hydrogens is 255 g/mol. The SMILES string of the molecule is NC(=O)COCCNCc1ccc(C(=O)O)c(F)c1. The predicted octanol–water partition coefficient (Wildman–Crippen LogP) is 0.115. The van der Waals surface area contributed by atoms with Gasteiger partial charge in [0.2, 0.25) is 5.91 Å². The Kier molecular flexibility index (Phi) is 5.91. The van der Waals surface area contributed by atoms with Crippen LogP contribution in [0.5, 0.6) is 0 Å². The van der Waals surface area contributed by atoms with Crippen LogP contribution in [0, 0.1) is 5.82 Å². The lowest BCUT2D eigenvalue weighted by Crippen LogP contribution is -2.23. The molecule has 0 spiro atoms. The molecule has 1 aromatic rings. The van der Waals surface area contributed by atoms with Crippen molar-refractivity contribution in [2.75, 3.05) is 19.8 Å². The number of hydrogen-bond donors (Lipinski definition) is 3. The van der Waals surface area contributed by atoms with Crippen LogP contribution in [-0.2, 0) is 16.1 Å². The van der Waals surface area contributed by atoms with Crippen LogP contribution in [0.4, 0.5) is 4.39 Å². The van der Waals surface area contributed by atoms with Gasteiger partial charge in [0.25, 0.3) is 0 Å². The number of halogens is 1. The Morgan fingerprint density at radius 3 is 2.74 bits per heavy atom. The summed E-state index contributed by atoms with van der Waals surface area (Å²) in [5, 5.41) is 11.6. The van der Waals surface area contributed by atoms with E-state index >= 15 is 0 Å². The smallest absolute Gasteiger partial charge is 0.338 e. The molecule has 104 valence electrons. The van der Waals surface area contributed by atoms with Gasteiger partial charge in [0.1, 0.15) is 12.4 Å². The maximum atomic E-state index is 13.3. The summed E-state index contributed by atoms with van der Waals surface area (Å²) in [5.41, 5.74) is 5.15. The predicted molar refractivity (Wildman–Crippen MR) is 65.1 cm³/mol. The minimum absolute atomic E-state index is 0.135. The lowest BCUT2D eigenvalue weighted by Gasteiger charge is -2.06. The van der Waals surface area contributed by atoms with Crippen molar-refractivity contribution in [3.05, 3.63) is 35.1 Å². The summed E-state index contributed by atoms with van der Waals surface area (Å²) in [6, 6.07) is 3.92. The Balaban J connectivity index is 2.32. The number of rotatable bonds is 8. The lowest BCUT2D eigenvalue weighted by atomic mass is 10.1. The minimum Gasteiger partial charge on any atom is -0.478 e. The highest BCUT2D eigenvalue weighted by atomic mass is 19.1. The molecule has 1 rings (SSSR count). The fourth-order valence-corrected chi connectivity index (χ4v) is 1.39. The molecule has 0 heterocycles. The first-order chi connectivity index (χ1) is 9.00. The van der Waals surface area contributed by atoms with Crippen molar-refractivity contribution < 1.29 is 23.8 Å². The summed E-state index contributed by atoms with van der Waals surface area (Å²) in [6.45, 7) is 1.01. The van der Waals surface area contributed by atoms with Gasteiger partial charge in [0, 0.05) is 13.1 Å². The van der Waals surface area contributed by atoms with Gasteiger partial charge in [-0.05, 0) is 17.7 Å². The summed E-state index contributed by atoms with van der Waals surface area (Å²) < 4.78 is 18.3. The molecule has 0 saturated heterocycles. The largest absolute Gasteiger partial charge is 0.478 e. The second kappa shape index (κ2) is 7.45. The van der Waals surface area contributed by atoms with E-state index in [1.54, 1.807) is 0 Å². The number of primary amides is 1. The molecule has 19 heavy (non-hydrogen) atoms. The monoisotopic (exact) mass is 270 g/mol. The fraction of sp³-hybridized carbons (Fsp3) is 0.333. The number of carboxylic acids is 1. The summed E-state index contributed by atoms with van der Waals surface area (Å²) in [6.07, 6.45) is 0. The van der Waals surface area contributed by atoms with E-state index in [1.165, 1.54) is 18.2 Å². The Morgan fingerprint density at radius 2 is 2.16 bits per heavy atom. The number of amides is 1. The van der Waals surface area contributed by atoms with Crippen molar-refractivity contribution in [2.24, 2.45) is 5.73 Å². The molecular formula is C12H15FN2O4. The third-order valence-electron chi connectivity index (χ3n) is 2.26. The topological polar surface area (TPSA) is 102 Å². The molecule has 0 saturated carbocycles. The Hall–Kier alpha value is -1.99. The quantitative estimate of drug-likeness (QED) is 0.582. The highest BCUT2D eigenvalue weighted by Gasteiger charge is 2.09. The molecule has 0 aliphatic heterocycles. The van der Waals surface area contributed by atoms with Gasteiger partial charge in [-0.1, -0.05) is 6.07 Å². The summed E-state index contributed by atoms with van der Waals surface area (Å²) in [4.78, 5) is 21.0. The van der Waals surface area contributed by atoms with E-state index in [0.29, 0.717) is 25.3 Å². The number of hydrogen-bond acceptors (Lipinski definition) is 4. The second-order valence-corrected chi connectivity index (χ2v) is 3.82. The molecule has 0 radical (unpaired) electrons. The van der Waals surface area contributed by atoms with Gasteiger partial charge in [-0.25, -0.2) is 9.18 Å². The number of carboxylic acid groups (broad SMARTS) is 1. The van der Waals surface area contributed by atoms with Crippen LogP contribution in [0.3, 0.4) is 0 Å². The highest BCUT2D eigenvalue weighted by Crippen LogP contribution is 2.10. The van der Waals surface area contributed by atoms with Crippen molar-refractivity contribution in [3.63, 3.8) is 0 Å². The standard InChI is InChI=1S/C12H15FN2O4/c13-10-5-8(1-2-9(10)12(17)18)6-15-3-4-19-7-11(14)16/h1-2,5,15H,3-4,6-7H2,(H2,14,16)(H,17,18). The molecule has 4 N–H and O–H groups in total. The van der Waals surface area contributed by atoms with E-state index in [-0.39, 0.29) is 12.2 Å². The number of nitrogens with two attached hydrogens (primary N) is 1. The van der Waals surface area contributed by atoms with Crippen LogP contribution in [-0.4, -0.2) is 36.7 Å². The number of carbonyl (C=O) groups excluding carboxylic acids is 1. The van der Waals surface area contributed by atoms with Crippen LogP contribution < -0.4 is 11.1 Å². The van der Waals surface area contributed by atoms with Crippen molar-refractivity contribution in [1.82, 2.24) is 5.32 Å². The first-order valence-electron chi connectivity index (χ1n) is 5.59. The molecule has 6 nitrogen and oxygen atoms in total. The van der Waals surface area contributed by atoms with Gasteiger partial charge in [0.15, 0.2) is 0 Å². The summed E-state index contributed by atoms with van der Waals surface area (Å²) in [7, 11) is 0. The molecule has 0 unspecified atom stereocenters. The van der Waals surface area contributed by atoms with E-state index in [1.807, 2.05) is 0 Å². The van der Waals surface area contributed by atoms with Crippen LogP contribution in [0.1, 0.15) is 15.9 Å². The maximum absolute atomic E-state index is 13.3. The fourth-order valence-electron chi connectivity index (χ4n) is 1.39. The molecule has 7 heteroatoms. The number of aromatic carboxylic acids is 1. The lowest BCUT2D eigenvalue weighted by molar-refractivity contribution is -0.122. The number of ether oxygens (including phenoxy) is 1. The first kappa shape index (κ1) is 15.1. The van der Waals surface area contributed by atoms with Crippen LogP contribution in [0.2, 0.25) is 0 Å². The van der Waals surface area contributed by atoms with E-state index in [4.69, 9.17) is 15.6 Å². The van der Waals surface area contributed by atoms with E-state index in [2.05, 4.69) is 5.32 Å². The zero-order chi connectivity index (χ0) is 14.3. The minimum atomic E-state index is -1.29. The van der Waals surface area contributed by atoms with Gasteiger partial charge >= 0.3 is 5.97 Å². The summed E-state index contributed by atoms with van der Waals surface area (Å²) >= 11 is 0. The normalized spacial score (nSPS) is 10.4. The summed E-state index contributed by atoms with van der Waals surface area (Å²) in [5.74, 6) is -2.60. The van der Waals surface area contributed by atoms with Crippen LogP contribution in [0.15, 0.2) is 18.2 Å². The van der Waals surface area contributed by atoms with Gasteiger partial charge in [-0.15, -0.1) is 0 Å².